The molecule has 0 aliphatic carbocycles. The lowest BCUT2D eigenvalue weighted by Gasteiger charge is -2.33. The van der Waals surface area contributed by atoms with Crippen LogP contribution in [0.4, 0.5) is 10.5 Å². The van der Waals surface area contributed by atoms with Crippen LogP contribution in [-0.4, -0.2) is 47.4 Å². The SMILES string of the molecule is COc1ccc2nccc(N3CCC(NC(=O)O)CC3)c2n1. The number of piperidine rings is 1. The highest BCUT2D eigenvalue weighted by molar-refractivity contribution is 5.88. The number of carbonyl (C=O) groups is 1. The summed E-state index contributed by atoms with van der Waals surface area (Å²) in [5.74, 6) is 0.559. The van der Waals surface area contributed by atoms with Gasteiger partial charge in [0.05, 0.1) is 18.3 Å². The monoisotopic (exact) mass is 302 g/mol. The third-order valence-electron chi connectivity index (χ3n) is 3.91. The van der Waals surface area contributed by atoms with Gasteiger partial charge in [-0.15, -0.1) is 0 Å². The summed E-state index contributed by atoms with van der Waals surface area (Å²) >= 11 is 0. The van der Waals surface area contributed by atoms with E-state index in [0.29, 0.717) is 5.88 Å². The highest BCUT2D eigenvalue weighted by atomic mass is 16.5. The van der Waals surface area contributed by atoms with Gasteiger partial charge in [0.1, 0.15) is 5.52 Å². The van der Waals surface area contributed by atoms with Gasteiger partial charge in [0.25, 0.3) is 0 Å². The molecule has 0 unspecified atom stereocenters. The molecular formula is C15H18N4O3. The Morgan fingerprint density at radius 3 is 2.82 bits per heavy atom. The lowest BCUT2D eigenvalue weighted by molar-refractivity contribution is 0.187. The number of fused-ring (bicyclic) bond motifs is 1. The first-order valence-corrected chi connectivity index (χ1v) is 7.21. The van der Waals surface area contributed by atoms with E-state index in [4.69, 9.17) is 9.84 Å². The van der Waals surface area contributed by atoms with Crippen molar-refractivity contribution >= 4 is 22.8 Å². The third kappa shape index (κ3) is 2.88. The van der Waals surface area contributed by atoms with Gasteiger partial charge in [-0.3, -0.25) is 4.98 Å². The summed E-state index contributed by atoms with van der Waals surface area (Å²) < 4.78 is 5.19. The topological polar surface area (TPSA) is 87.6 Å². The van der Waals surface area contributed by atoms with Gasteiger partial charge < -0.3 is 20.1 Å². The number of nitrogens with one attached hydrogen (secondary N) is 1. The second-order valence-electron chi connectivity index (χ2n) is 5.26. The Hall–Kier alpha value is -2.57. The molecule has 0 spiro atoms. The minimum absolute atomic E-state index is 0.0179. The molecular weight excluding hydrogens is 284 g/mol. The first kappa shape index (κ1) is 14.4. The van der Waals surface area contributed by atoms with Crippen molar-refractivity contribution in [1.82, 2.24) is 15.3 Å². The van der Waals surface area contributed by atoms with E-state index in [9.17, 15) is 4.79 Å². The zero-order valence-corrected chi connectivity index (χ0v) is 12.3. The zero-order chi connectivity index (χ0) is 15.5. The predicted molar refractivity (Wildman–Crippen MR) is 82.5 cm³/mol. The quantitative estimate of drug-likeness (QED) is 0.900. The van der Waals surface area contributed by atoms with Gasteiger partial charge in [0, 0.05) is 31.4 Å². The summed E-state index contributed by atoms with van der Waals surface area (Å²) in [6, 6.07) is 5.65. The highest BCUT2D eigenvalue weighted by Gasteiger charge is 2.22. The van der Waals surface area contributed by atoms with Crippen molar-refractivity contribution in [3.8, 4) is 5.88 Å². The standard InChI is InChI=1S/C15H18N4O3/c1-22-13-3-2-11-14(18-13)12(4-7-16-11)19-8-5-10(6-9-19)17-15(20)21/h2-4,7,10,17H,5-6,8-9H2,1H3,(H,20,21). The van der Waals surface area contributed by atoms with Crippen molar-refractivity contribution in [2.24, 2.45) is 0 Å². The molecule has 22 heavy (non-hydrogen) atoms. The molecule has 7 nitrogen and oxygen atoms in total. The fourth-order valence-electron chi connectivity index (χ4n) is 2.80. The van der Waals surface area contributed by atoms with Gasteiger partial charge in [-0.25, -0.2) is 9.78 Å². The fraction of sp³-hybridized carbons (Fsp3) is 0.400. The van der Waals surface area contributed by atoms with Gasteiger partial charge in [-0.1, -0.05) is 0 Å². The molecule has 1 amide bonds. The number of amides is 1. The lowest BCUT2D eigenvalue weighted by atomic mass is 10.0. The summed E-state index contributed by atoms with van der Waals surface area (Å²) in [5, 5.41) is 11.3. The van der Waals surface area contributed by atoms with E-state index < -0.39 is 6.09 Å². The van der Waals surface area contributed by atoms with Crippen molar-refractivity contribution in [3.63, 3.8) is 0 Å². The average molecular weight is 302 g/mol. The van der Waals surface area contributed by atoms with Crippen LogP contribution in [0.15, 0.2) is 24.4 Å². The molecule has 3 rings (SSSR count). The number of anilines is 1. The van der Waals surface area contributed by atoms with Crippen LogP contribution >= 0.6 is 0 Å². The maximum absolute atomic E-state index is 10.7. The van der Waals surface area contributed by atoms with Crippen LogP contribution in [0.1, 0.15) is 12.8 Å². The van der Waals surface area contributed by atoms with Crippen molar-refractivity contribution in [2.75, 3.05) is 25.1 Å². The molecule has 1 aliphatic rings. The van der Waals surface area contributed by atoms with Crippen LogP contribution in [0.2, 0.25) is 0 Å². The molecule has 2 aromatic rings. The van der Waals surface area contributed by atoms with Gasteiger partial charge in [0.2, 0.25) is 5.88 Å². The molecule has 1 fully saturated rings. The van der Waals surface area contributed by atoms with Crippen LogP contribution < -0.4 is 15.0 Å². The maximum atomic E-state index is 10.7. The van der Waals surface area contributed by atoms with Crippen molar-refractivity contribution in [3.05, 3.63) is 24.4 Å². The largest absolute Gasteiger partial charge is 0.481 e. The Balaban J connectivity index is 1.83. The first-order valence-electron chi connectivity index (χ1n) is 7.21. The van der Waals surface area contributed by atoms with Gasteiger partial charge in [-0.2, -0.15) is 0 Å². The number of methoxy groups -OCH3 is 1. The minimum Gasteiger partial charge on any atom is -0.481 e. The van der Waals surface area contributed by atoms with E-state index in [1.54, 1.807) is 19.4 Å². The van der Waals surface area contributed by atoms with Crippen LogP contribution in [0.3, 0.4) is 0 Å². The molecule has 1 saturated heterocycles. The Morgan fingerprint density at radius 2 is 2.14 bits per heavy atom. The van der Waals surface area contributed by atoms with Crippen molar-refractivity contribution in [2.45, 2.75) is 18.9 Å². The number of hydrogen-bond donors (Lipinski definition) is 2. The number of aromatic nitrogens is 2. The highest BCUT2D eigenvalue weighted by Crippen LogP contribution is 2.27. The third-order valence-corrected chi connectivity index (χ3v) is 3.91. The molecule has 0 radical (unpaired) electrons. The molecule has 2 aromatic heterocycles. The Labute approximate surface area is 127 Å². The van der Waals surface area contributed by atoms with Crippen LogP contribution in [-0.2, 0) is 0 Å². The summed E-state index contributed by atoms with van der Waals surface area (Å²) in [6.07, 6.45) is 2.37. The first-order chi connectivity index (χ1) is 10.7. The number of hydrogen-bond acceptors (Lipinski definition) is 5. The average Bonchev–Trinajstić information content (AvgIpc) is 2.54. The zero-order valence-electron chi connectivity index (χ0n) is 12.3. The summed E-state index contributed by atoms with van der Waals surface area (Å²) in [4.78, 5) is 21.8. The molecule has 1 aliphatic heterocycles. The molecule has 0 aromatic carbocycles. The maximum Gasteiger partial charge on any atom is 0.404 e. The number of carboxylic acid groups (broad SMARTS) is 1. The van der Waals surface area contributed by atoms with E-state index in [0.717, 1.165) is 42.7 Å². The lowest BCUT2D eigenvalue weighted by Crippen LogP contribution is -2.44. The Morgan fingerprint density at radius 1 is 1.36 bits per heavy atom. The van der Waals surface area contributed by atoms with E-state index in [1.165, 1.54) is 0 Å². The molecule has 0 saturated carbocycles. The molecule has 0 atom stereocenters. The number of pyridine rings is 2. The number of nitrogens with zero attached hydrogens (tertiary/aromatic N) is 3. The van der Waals surface area contributed by atoms with E-state index in [2.05, 4.69) is 20.2 Å². The number of ether oxygens (including phenoxy) is 1. The van der Waals surface area contributed by atoms with E-state index >= 15 is 0 Å². The summed E-state index contributed by atoms with van der Waals surface area (Å²) in [7, 11) is 1.59. The van der Waals surface area contributed by atoms with Crippen molar-refractivity contribution in [1.29, 1.82) is 0 Å². The normalized spacial score (nSPS) is 15.8. The summed E-state index contributed by atoms with van der Waals surface area (Å²) in [6.45, 7) is 1.56. The molecule has 0 bridgehead atoms. The molecule has 3 heterocycles. The number of rotatable bonds is 3. The molecule has 7 heteroatoms. The summed E-state index contributed by atoms with van der Waals surface area (Å²) in [5.41, 5.74) is 2.65. The Kier molecular flexibility index (Phi) is 3.95. The fourth-order valence-corrected chi connectivity index (χ4v) is 2.80. The minimum atomic E-state index is -0.959. The van der Waals surface area contributed by atoms with Crippen molar-refractivity contribution < 1.29 is 14.6 Å². The molecule has 116 valence electrons. The van der Waals surface area contributed by atoms with Gasteiger partial charge >= 0.3 is 6.09 Å². The van der Waals surface area contributed by atoms with Gasteiger partial charge in [0.15, 0.2) is 0 Å². The second kappa shape index (κ2) is 6.05. The van der Waals surface area contributed by atoms with E-state index in [1.807, 2.05) is 12.1 Å². The predicted octanol–water partition coefficient (Wildman–Crippen LogP) is 1.87. The Bertz CT molecular complexity index is 684. The smallest absolute Gasteiger partial charge is 0.404 e. The second-order valence-corrected chi connectivity index (χ2v) is 5.26. The van der Waals surface area contributed by atoms with Crippen LogP contribution in [0.25, 0.3) is 11.0 Å². The van der Waals surface area contributed by atoms with E-state index in [-0.39, 0.29) is 6.04 Å². The molecule has 2 N–H and O–H groups in total. The van der Waals surface area contributed by atoms with Crippen LogP contribution in [0, 0.1) is 0 Å². The van der Waals surface area contributed by atoms with Gasteiger partial charge in [-0.05, 0) is 25.0 Å². The van der Waals surface area contributed by atoms with Crippen LogP contribution in [0.5, 0.6) is 5.88 Å².